The van der Waals surface area contributed by atoms with Gasteiger partial charge in [0, 0.05) is 42.4 Å². The zero-order valence-electron chi connectivity index (χ0n) is 20.2. The van der Waals surface area contributed by atoms with Crippen LogP contribution >= 0.6 is 11.6 Å². The molecule has 3 heterocycles. The lowest BCUT2D eigenvalue weighted by atomic mass is 10.1. The molecule has 1 amide bonds. The van der Waals surface area contributed by atoms with E-state index >= 15 is 0 Å². The SMILES string of the molecule is COc1cc(Cl)c(C)cc1NC(=O)CCc1c(C)nn(-c2cc(N3CCCCC3)ncn2)c1C. The summed E-state index contributed by atoms with van der Waals surface area (Å²) in [6.07, 6.45) is 6.14. The first-order valence-corrected chi connectivity index (χ1v) is 12.0. The van der Waals surface area contributed by atoms with E-state index in [-0.39, 0.29) is 5.91 Å². The third-order valence-electron chi connectivity index (χ3n) is 6.33. The summed E-state index contributed by atoms with van der Waals surface area (Å²) in [6.45, 7) is 7.91. The van der Waals surface area contributed by atoms with Crippen molar-refractivity contribution < 1.29 is 9.53 Å². The number of benzene rings is 1. The van der Waals surface area contributed by atoms with E-state index in [1.165, 1.54) is 19.3 Å². The lowest BCUT2D eigenvalue weighted by Crippen LogP contribution is -2.30. The average molecular weight is 483 g/mol. The Morgan fingerprint density at radius 2 is 1.82 bits per heavy atom. The average Bonchev–Trinajstić information content (AvgIpc) is 3.13. The van der Waals surface area contributed by atoms with E-state index in [1.807, 2.05) is 37.6 Å². The van der Waals surface area contributed by atoms with Crippen LogP contribution in [-0.4, -0.2) is 45.9 Å². The second-order valence-electron chi connectivity index (χ2n) is 8.69. The molecule has 34 heavy (non-hydrogen) atoms. The molecule has 2 aromatic heterocycles. The first-order valence-electron chi connectivity index (χ1n) is 11.6. The van der Waals surface area contributed by atoms with Crippen LogP contribution in [0.25, 0.3) is 5.82 Å². The number of rotatable bonds is 7. The second kappa shape index (κ2) is 10.4. The number of aromatic nitrogens is 4. The molecule has 0 bridgehead atoms. The number of carbonyl (C=O) groups excluding carboxylic acids is 1. The van der Waals surface area contributed by atoms with Crippen molar-refractivity contribution in [2.24, 2.45) is 0 Å². The van der Waals surface area contributed by atoms with Crippen molar-refractivity contribution in [3.8, 4) is 11.6 Å². The normalized spacial score (nSPS) is 13.7. The number of methoxy groups -OCH3 is 1. The highest BCUT2D eigenvalue weighted by Gasteiger charge is 2.18. The largest absolute Gasteiger partial charge is 0.495 e. The molecule has 4 rings (SSSR count). The summed E-state index contributed by atoms with van der Waals surface area (Å²) < 4.78 is 7.21. The molecule has 1 saturated heterocycles. The minimum absolute atomic E-state index is 0.0963. The topological polar surface area (TPSA) is 85.2 Å². The molecule has 0 spiro atoms. The van der Waals surface area contributed by atoms with Crippen LogP contribution in [0.4, 0.5) is 11.5 Å². The molecule has 180 valence electrons. The van der Waals surface area contributed by atoms with Gasteiger partial charge in [-0.25, -0.2) is 14.6 Å². The Morgan fingerprint density at radius 3 is 2.56 bits per heavy atom. The maximum Gasteiger partial charge on any atom is 0.224 e. The van der Waals surface area contributed by atoms with Gasteiger partial charge in [-0.1, -0.05) is 11.6 Å². The summed E-state index contributed by atoms with van der Waals surface area (Å²) in [6, 6.07) is 5.53. The van der Waals surface area contributed by atoms with E-state index in [0.717, 1.165) is 47.2 Å². The second-order valence-corrected chi connectivity index (χ2v) is 9.10. The van der Waals surface area contributed by atoms with Crippen LogP contribution in [0.3, 0.4) is 0 Å². The Hall–Kier alpha value is -3.13. The van der Waals surface area contributed by atoms with Gasteiger partial charge in [0.15, 0.2) is 5.82 Å². The van der Waals surface area contributed by atoms with E-state index in [2.05, 4.69) is 20.2 Å². The number of aryl methyl sites for hydroxylation is 2. The Morgan fingerprint density at radius 1 is 1.09 bits per heavy atom. The van der Waals surface area contributed by atoms with Gasteiger partial charge in [0.2, 0.25) is 5.91 Å². The molecule has 0 unspecified atom stereocenters. The van der Waals surface area contributed by atoms with Gasteiger partial charge >= 0.3 is 0 Å². The number of carbonyl (C=O) groups is 1. The van der Waals surface area contributed by atoms with E-state index in [0.29, 0.717) is 29.3 Å². The van der Waals surface area contributed by atoms with E-state index in [4.69, 9.17) is 21.4 Å². The van der Waals surface area contributed by atoms with E-state index < -0.39 is 0 Å². The molecule has 0 saturated carbocycles. The number of piperidine rings is 1. The van der Waals surface area contributed by atoms with Gasteiger partial charge in [0.1, 0.15) is 17.9 Å². The van der Waals surface area contributed by atoms with Crippen LogP contribution in [0.5, 0.6) is 5.75 Å². The van der Waals surface area contributed by atoms with E-state index in [9.17, 15) is 4.79 Å². The van der Waals surface area contributed by atoms with Crippen LogP contribution in [0.1, 0.15) is 48.2 Å². The van der Waals surface area contributed by atoms with Crippen LogP contribution < -0.4 is 15.0 Å². The standard InChI is InChI=1S/C25H31ClN6O2/c1-16-12-21(22(34-4)13-20(16)26)29-25(33)9-8-19-17(2)30-32(18(19)3)24-14-23(27-15-28-24)31-10-6-5-7-11-31/h12-15H,5-11H2,1-4H3,(H,29,33). The third-order valence-corrected chi connectivity index (χ3v) is 6.74. The fourth-order valence-corrected chi connectivity index (χ4v) is 4.54. The Labute approximate surface area is 205 Å². The number of nitrogens with zero attached hydrogens (tertiary/aromatic N) is 5. The molecule has 1 fully saturated rings. The fourth-order valence-electron chi connectivity index (χ4n) is 4.39. The van der Waals surface area contributed by atoms with Crippen molar-refractivity contribution in [3.63, 3.8) is 0 Å². The number of amides is 1. The fraction of sp³-hybridized carbons (Fsp3) is 0.440. The number of anilines is 2. The number of nitrogens with one attached hydrogen (secondary N) is 1. The summed E-state index contributed by atoms with van der Waals surface area (Å²) >= 11 is 6.17. The highest BCUT2D eigenvalue weighted by Crippen LogP contribution is 2.31. The Balaban J connectivity index is 1.47. The zero-order valence-corrected chi connectivity index (χ0v) is 20.9. The lowest BCUT2D eigenvalue weighted by molar-refractivity contribution is -0.116. The Bertz CT molecular complexity index is 1190. The molecule has 0 atom stereocenters. The summed E-state index contributed by atoms with van der Waals surface area (Å²) in [5, 5.41) is 8.26. The number of halogens is 1. The van der Waals surface area contributed by atoms with E-state index in [1.54, 1.807) is 19.5 Å². The Kier molecular flexibility index (Phi) is 7.36. The minimum Gasteiger partial charge on any atom is -0.495 e. The van der Waals surface area contributed by atoms with Crippen LogP contribution in [0, 0.1) is 20.8 Å². The maximum absolute atomic E-state index is 12.7. The van der Waals surface area contributed by atoms with Crippen LogP contribution in [0.15, 0.2) is 24.5 Å². The van der Waals surface area contributed by atoms with Crippen molar-refractivity contribution >= 4 is 29.0 Å². The first kappa shape index (κ1) is 24.0. The minimum atomic E-state index is -0.0963. The number of hydrogen-bond donors (Lipinski definition) is 1. The summed E-state index contributed by atoms with van der Waals surface area (Å²) in [5.41, 5.74) is 4.41. The van der Waals surface area contributed by atoms with Gasteiger partial charge in [-0.05, 0) is 63.6 Å². The van der Waals surface area contributed by atoms with Crippen molar-refractivity contribution in [1.29, 1.82) is 0 Å². The summed E-state index contributed by atoms with van der Waals surface area (Å²) in [4.78, 5) is 24.0. The molecule has 1 aliphatic heterocycles. The third kappa shape index (κ3) is 5.17. The predicted octanol–water partition coefficient (Wildman–Crippen LogP) is 4.81. The van der Waals surface area contributed by atoms with Gasteiger partial charge in [-0.15, -0.1) is 0 Å². The molecule has 0 radical (unpaired) electrons. The van der Waals surface area contributed by atoms with Gasteiger partial charge in [-0.2, -0.15) is 5.10 Å². The van der Waals surface area contributed by atoms with Crippen LogP contribution in [0.2, 0.25) is 5.02 Å². The molecule has 0 aliphatic carbocycles. The molecule has 3 aromatic rings. The van der Waals surface area contributed by atoms with Gasteiger partial charge < -0.3 is 15.0 Å². The first-order chi connectivity index (χ1) is 16.4. The highest BCUT2D eigenvalue weighted by atomic mass is 35.5. The quantitative estimate of drug-likeness (QED) is 0.520. The van der Waals surface area contributed by atoms with Gasteiger partial charge in [0.05, 0.1) is 18.5 Å². The van der Waals surface area contributed by atoms with Crippen molar-refractivity contribution in [1.82, 2.24) is 19.7 Å². The van der Waals surface area contributed by atoms with Crippen molar-refractivity contribution in [2.75, 3.05) is 30.4 Å². The molecule has 8 nitrogen and oxygen atoms in total. The zero-order chi connectivity index (χ0) is 24.2. The monoisotopic (exact) mass is 482 g/mol. The number of hydrogen-bond acceptors (Lipinski definition) is 6. The molecule has 1 aromatic carbocycles. The lowest BCUT2D eigenvalue weighted by Gasteiger charge is -2.27. The summed E-state index contributed by atoms with van der Waals surface area (Å²) in [7, 11) is 1.56. The van der Waals surface area contributed by atoms with Crippen molar-refractivity contribution in [2.45, 2.75) is 52.9 Å². The molecular formula is C25H31ClN6O2. The van der Waals surface area contributed by atoms with Crippen LogP contribution in [-0.2, 0) is 11.2 Å². The molecule has 9 heteroatoms. The predicted molar refractivity (Wildman–Crippen MR) is 134 cm³/mol. The highest BCUT2D eigenvalue weighted by molar-refractivity contribution is 6.31. The maximum atomic E-state index is 12.7. The molecule has 1 aliphatic rings. The van der Waals surface area contributed by atoms with Gasteiger partial charge in [0.25, 0.3) is 0 Å². The number of ether oxygens (including phenoxy) is 1. The van der Waals surface area contributed by atoms with Crippen molar-refractivity contribution in [3.05, 3.63) is 52.1 Å². The molecule has 1 N–H and O–H groups in total. The smallest absolute Gasteiger partial charge is 0.224 e. The summed E-state index contributed by atoms with van der Waals surface area (Å²) in [5.74, 6) is 2.12. The van der Waals surface area contributed by atoms with Gasteiger partial charge in [-0.3, -0.25) is 4.79 Å². The molecular weight excluding hydrogens is 452 g/mol.